The van der Waals surface area contributed by atoms with Gasteiger partial charge in [-0.2, -0.15) is 4.31 Å². The molecule has 0 unspecified atom stereocenters. The Kier molecular flexibility index (Phi) is 8.31. The lowest BCUT2D eigenvalue weighted by atomic mass is 9.98. The maximum atomic E-state index is 12.8. The van der Waals surface area contributed by atoms with E-state index in [1.54, 1.807) is 35.6 Å². The number of nitrogens with one attached hydrogen (secondary N) is 1. The Hall–Kier alpha value is -2.58. The second-order valence-electron chi connectivity index (χ2n) is 7.67. The normalized spacial score (nSPS) is 16.1. The fourth-order valence-electron chi connectivity index (χ4n) is 3.64. The third-order valence-electron chi connectivity index (χ3n) is 5.52. The summed E-state index contributed by atoms with van der Waals surface area (Å²) < 4.78 is 32.9. The van der Waals surface area contributed by atoms with Gasteiger partial charge in [0.2, 0.25) is 10.0 Å². The van der Waals surface area contributed by atoms with E-state index in [2.05, 4.69) is 10.3 Å². The summed E-state index contributed by atoms with van der Waals surface area (Å²) in [6.45, 7) is 3.14. The fourth-order valence-corrected chi connectivity index (χ4v) is 5.13. The first kappa shape index (κ1) is 23.1. The van der Waals surface area contributed by atoms with Gasteiger partial charge in [-0.05, 0) is 43.0 Å². The molecule has 0 atom stereocenters. The smallest absolute Gasteiger partial charge is 0.243 e. The molecule has 31 heavy (non-hydrogen) atoms. The van der Waals surface area contributed by atoms with Crippen molar-refractivity contribution in [2.45, 2.75) is 17.7 Å². The molecule has 0 aliphatic carbocycles. The van der Waals surface area contributed by atoms with E-state index < -0.39 is 10.0 Å². The molecule has 1 fully saturated rings. The van der Waals surface area contributed by atoms with Gasteiger partial charge in [0.15, 0.2) is 5.96 Å². The number of ether oxygens (including phenoxy) is 1. The number of guanidine groups is 1. The first-order valence-corrected chi connectivity index (χ1v) is 12.1. The molecule has 0 bridgehead atoms. The summed E-state index contributed by atoms with van der Waals surface area (Å²) in [5.41, 5.74) is 0. The van der Waals surface area contributed by atoms with E-state index in [1.165, 1.54) is 0 Å². The standard InChI is InChI=1S/C23H32N4O3S/c1-24-23(26(2)17-18-30-21-9-5-3-6-10-21)25-19-20-13-15-27(16-14-20)31(28,29)22-11-7-4-8-12-22/h3-12,20H,13-19H2,1-2H3,(H,24,25). The number of hydrogen-bond donors (Lipinski definition) is 1. The molecule has 3 rings (SSSR count). The van der Waals surface area contributed by atoms with E-state index in [4.69, 9.17) is 4.74 Å². The summed E-state index contributed by atoms with van der Waals surface area (Å²) in [5, 5.41) is 3.43. The predicted octanol–water partition coefficient (Wildman–Crippen LogP) is 2.67. The van der Waals surface area contributed by atoms with Crippen LogP contribution in [-0.2, 0) is 10.0 Å². The maximum absolute atomic E-state index is 12.8. The minimum atomic E-state index is -3.40. The minimum Gasteiger partial charge on any atom is -0.492 e. The Morgan fingerprint density at radius 2 is 1.71 bits per heavy atom. The minimum absolute atomic E-state index is 0.367. The molecular weight excluding hydrogens is 412 g/mol. The molecule has 2 aromatic carbocycles. The third-order valence-corrected chi connectivity index (χ3v) is 7.43. The van der Waals surface area contributed by atoms with E-state index in [0.717, 1.165) is 31.1 Å². The highest BCUT2D eigenvalue weighted by Crippen LogP contribution is 2.23. The van der Waals surface area contributed by atoms with Gasteiger partial charge in [-0.1, -0.05) is 36.4 Å². The van der Waals surface area contributed by atoms with Crippen LogP contribution >= 0.6 is 0 Å². The summed E-state index contributed by atoms with van der Waals surface area (Å²) in [5.74, 6) is 2.08. The number of para-hydroxylation sites is 1. The fraction of sp³-hybridized carbons (Fsp3) is 0.435. The van der Waals surface area contributed by atoms with Crippen molar-refractivity contribution in [3.8, 4) is 5.75 Å². The lowest BCUT2D eigenvalue weighted by molar-refractivity contribution is 0.266. The van der Waals surface area contributed by atoms with Crippen LogP contribution in [0, 0.1) is 5.92 Å². The molecule has 168 valence electrons. The van der Waals surface area contributed by atoms with Gasteiger partial charge < -0.3 is 15.0 Å². The van der Waals surface area contributed by atoms with Gasteiger partial charge in [-0.3, -0.25) is 4.99 Å². The van der Waals surface area contributed by atoms with Crippen LogP contribution in [0.4, 0.5) is 0 Å². The van der Waals surface area contributed by atoms with Crippen molar-refractivity contribution in [2.75, 3.05) is 46.9 Å². The van der Waals surface area contributed by atoms with Gasteiger partial charge in [-0.25, -0.2) is 8.42 Å². The van der Waals surface area contributed by atoms with Crippen molar-refractivity contribution in [3.63, 3.8) is 0 Å². The predicted molar refractivity (Wildman–Crippen MR) is 124 cm³/mol. The zero-order valence-electron chi connectivity index (χ0n) is 18.3. The van der Waals surface area contributed by atoms with E-state index in [9.17, 15) is 8.42 Å². The number of rotatable bonds is 8. The van der Waals surface area contributed by atoms with Crippen molar-refractivity contribution in [1.82, 2.24) is 14.5 Å². The molecule has 0 radical (unpaired) electrons. The van der Waals surface area contributed by atoms with E-state index in [-0.39, 0.29) is 0 Å². The summed E-state index contributed by atoms with van der Waals surface area (Å²) in [7, 11) is 0.354. The Labute approximate surface area is 185 Å². The number of sulfonamides is 1. The zero-order chi connectivity index (χ0) is 22.1. The number of aliphatic imine (C=N–C) groups is 1. The van der Waals surface area contributed by atoms with Crippen molar-refractivity contribution in [2.24, 2.45) is 10.9 Å². The topological polar surface area (TPSA) is 74.2 Å². The van der Waals surface area contributed by atoms with Crippen molar-refractivity contribution < 1.29 is 13.2 Å². The molecule has 1 N–H and O–H groups in total. The second kappa shape index (κ2) is 11.2. The van der Waals surface area contributed by atoms with Gasteiger partial charge in [0, 0.05) is 33.7 Å². The number of likely N-dealkylation sites (N-methyl/N-ethyl adjacent to an activating group) is 1. The van der Waals surface area contributed by atoms with Crippen LogP contribution in [0.2, 0.25) is 0 Å². The first-order valence-electron chi connectivity index (χ1n) is 10.7. The molecule has 1 aliphatic rings. The van der Waals surface area contributed by atoms with Gasteiger partial charge in [0.05, 0.1) is 11.4 Å². The highest BCUT2D eigenvalue weighted by Gasteiger charge is 2.29. The average molecular weight is 445 g/mol. The van der Waals surface area contributed by atoms with Crippen molar-refractivity contribution in [3.05, 3.63) is 60.7 Å². The molecule has 1 aliphatic heterocycles. The number of benzene rings is 2. The molecule has 0 aromatic heterocycles. The highest BCUT2D eigenvalue weighted by molar-refractivity contribution is 7.89. The number of piperidine rings is 1. The second-order valence-corrected chi connectivity index (χ2v) is 9.61. The average Bonchev–Trinajstić information content (AvgIpc) is 2.81. The molecule has 0 amide bonds. The molecule has 1 heterocycles. The summed E-state index contributed by atoms with van der Waals surface area (Å²) in [6, 6.07) is 18.4. The van der Waals surface area contributed by atoms with E-state index >= 15 is 0 Å². The van der Waals surface area contributed by atoms with Gasteiger partial charge in [-0.15, -0.1) is 0 Å². The maximum Gasteiger partial charge on any atom is 0.243 e. The first-order chi connectivity index (χ1) is 15.0. The Bertz CT molecular complexity index is 928. The summed E-state index contributed by atoms with van der Waals surface area (Å²) in [4.78, 5) is 6.77. The number of nitrogens with zero attached hydrogens (tertiary/aromatic N) is 3. The van der Waals surface area contributed by atoms with Crippen molar-refractivity contribution >= 4 is 16.0 Å². The molecule has 0 saturated carbocycles. The van der Waals surface area contributed by atoms with Crippen LogP contribution in [0.3, 0.4) is 0 Å². The SMILES string of the molecule is CN=C(NCC1CCN(S(=O)(=O)c2ccccc2)CC1)N(C)CCOc1ccccc1. The Morgan fingerprint density at radius 3 is 2.32 bits per heavy atom. The molecule has 0 spiro atoms. The molecule has 8 heteroatoms. The van der Waals surface area contributed by atoms with Crippen LogP contribution in [0.1, 0.15) is 12.8 Å². The lowest BCUT2D eigenvalue weighted by Crippen LogP contribution is -2.45. The monoisotopic (exact) mass is 444 g/mol. The molecular formula is C23H32N4O3S. The molecule has 2 aromatic rings. The third kappa shape index (κ3) is 6.45. The van der Waals surface area contributed by atoms with E-state index in [0.29, 0.717) is 37.1 Å². The molecule has 7 nitrogen and oxygen atoms in total. The van der Waals surface area contributed by atoms with Crippen LogP contribution in [-0.4, -0.2) is 70.5 Å². The van der Waals surface area contributed by atoms with Crippen molar-refractivity contribution in [1.29, 1.82) is 0 Å². The zero-order valence-corrected chi connectivity index (χ0v) is 19.1. The van der Waals surface area contributed by atoms with Gasteiger partial charge in [0.1, 0.15) is 12.4 Å². The van der Waals surface area contributed by atoms with E-state index in [1.807, 2.05) is 48.3 Å². The lowest BCUT2D eigenvalue weighted by Gasteiger charge is -2.32. The Morgan fingerprint density at radius 1 is 1.10 bits per heavy atom. The Balaban J connectivity index is 1.41. The molecule has 1 saturated heterocycles. The van der Waals surface area contributed by atoms with Gasteiger partial charge in [0.25, 0.3) is 0 Å². The highest BCUT2D eigenvalue weighted by atomic mass is 32.2. The summed E-state index contributed by atoms with van der Waals surface area (Å²) >= 11 is 0. The van der Waals surface area contributed by atoms with Crippen LogP contribution in [0.25, 0.3) is 0 Å². The van der Waals surface area contributed by atoms with Crippen LogP contribution in [0.15, 0.2) is 70.6 Å². The van der Waals surface area contributed by atoms with Crippen LogP contribution in [0.5, 0.6) is 5.75 Å². The number of hydrogen-bond acceptors (Lipinski definition) is 4. The largest absolute Gasteiger partial charge is 0.492 e. The summed E-state index contributed by atoms with van der Waals surface area (Å²) in [6.07, 6.45) is 1.66. The van der Waals surface area contributed by atoms with Crippen LogP contribution < -0.4 is 10.1 Å². The van der Waals surface area contributed by atoms with Gasteiger partial charge >= 0.3 is 0 Å². The quantitative estimate of drug-likeness (QED) is 0.501.